The Hall–Kier alpha value is -0.320. The largest absolute Gasteiger partial charge is 0.394 e. The highest BCUT2D eigenvalue weighted by atomic mass is 16.7. The average molecular weight is 292 g/mol. The maximum absolute atomic E-state index is 10.2. The molecule has 8 atom stereocenters. The lowest BCUT2D eigenvalue weighted by Gasteiger charge is -2.42. The molecule has 1 aliphatic carbocycles. The van der Waals surface area contributed by atoms with Crippen LogP contribution in [0.3, 0.4) is 0 Å². The van der Waals surface area contributed by atoms with Gasteiger partial charge in [-0.15, -0.1) is 0 Å². The first-order valence-electron chi connectivity index (χ1n) is 6.79. The van der Waals surface area contributed by atoms with Crippen molar-refractivity contribution in [2.45, 2.75) is 61.7 Å². The van der Waals surface area contributed by atoms with Gasteiger partial charge in [0.25, 0.3) is 0 Å². The zero-order valence-corrected chi connectivity index (χ0v) is 11.5. The summed E-state index contributed by atoms with van der Waals surface area (Å²) in [5.41, 5.74) is 11.8. The summed E-state index contributed by atoms with van der Waals surface area (Å²) in [6.07, 6.45) is -3.84. The van der Waals surface area contributed by atoms with Crippen molar-refractivity contribution in [2.24, 2.45) is 11.5 Å². The summed E-state index contributed by atoms with van der Waals surface area (Å²) >= 11 is 0. The van der Waals surface area contributed by atoms with E-state index in [1.165, 1.54) is 7.11 Å². The van der Waals surface area contributed by atoms with E-state index in [0.29, 0.717) is 6.42 Å². The fourth-order valence-electron chi connectivity index (χ4n) is 2.85. The van der Waals surface area contributed by atoms with Crippen LogP contribution in [-0.4, -0.2) is 77.9 Å². The van der Waals surface area contributed by atoms with Gasteiger partial charge in [0.2, 0.25) is 0 Å². The van der Waals surface area contributed by atoms with Crippen molar-refractivity contribution in [1.29, 1.82) is 0 Å². The van der Waals surface area contributed by atoms with Crippen LogP contribution in [0, 0.1) is 0 Å². The first-order valence-corrected chi connectivity index (χ1v) is 6.79. The molecule has 8 nitrogen and oxygen atoms in total. The van der Waals surface area contributed by atoms with Crippen LogP contribution >= 0.6 is 0 Å². The SMILES string of the molecule is CO[C@H]1[C@H](O[C@@H]2O[C@H](CO)C[C@H]2O)[C@@H](O)[C@H](N)C[C@@H]1N. The van der Waals surface area contributed by atoms with Crippen LogP contribution in [0.4, 0.5) is 0 Å². The van der Waals surface area contributed by atoms with Gasteiger partial charge in [-0.1, -0.05) is 0 Å². The predicted molar refractivity (Wildman–Crippen MR) is 68.6 cm³/mol. The molecule has 0 unspecified atom stereocenters. The summed E-state index contributed by atoms with van der Waals surface area (Å²) in [4.78, 5) is 0. The topological polar surface area (TPSA) is 140 Å². The van der Waals surface area contributed by atoms with Crippen molar-refractivity contribution < 1.29 is 29.5 Å². The van der Waals surface area contributed by atoms with Crippen LogP contribution in [0.15, 0.2) is 0 Å². The van der Waals surface area contributed by atoms with Gasteiger partial charge in [-0.2, -0.15) is 0 Å². The van der Waals surface area contributed by atoms with Crippen LogP contribution < -0.4 is 11.5 Å². The smallest absolute Gasteiger partial charge is 0.184 e. The van der Waals surface area contributed by atoms with Gasteiger partial charge in [0.15, 0.2) is 6.29 Å². The predicted octanol–water partition coefficient (Wildman–Crippen LogP) is -2.73. The molecule has 0 spiro atoms. The lowest BCUT2D eigenvalue weighted by atomic mass is 9.84. The molecule has 0 amide bonds. The summed E-state index contributed by atoms with van der Waals surface area (Å²) in [5.74, 6) is 0. The average Bonchev–Trinajstić information content (AvgIpc) is 2.76. The molecule has 2 aliphatic rings. The van der Waals surface area contributed by atoms with E-state index in [9.17, 15) is 10.2 Å². The second kappa shape index (κ2) is 6.63. The van der Waals surface area contributed by atoms with Gasteiger partial charge >= 0.3 is 0 Å². The lowest BCUT2D eigenvalue weighted by Crippen LogP contribution is -2.63. The summed E-state index contributed by atoms with van der Waals surface area (Å²) in [7, 11) is 1.48. The summed E-state index contributed by atoms with van der Waals surface area (Å²) in [5, 5.41) is 29.0. The van der Waals surface area contributed by atoms with Crippen molar-refractivity contribution in [3.05, 3.63) is 0 Å². The molecule has 0 aromatic heterocycles. The number of aliphatic hydroxyl groups is 3. The van der Waals surface area contributed by atoms with Crippen molar-refractivity contribution in [1.82, 2.24) is 0 Å². The molecule has 1 saturated heterocycles. The van der Waals surface area contributed by atoms with Crippen LogP contribution in [-0.2, 0) is 14.2 Å². The maximum atomic E-state index is 10.2. The molecule has 1 heterocycles. The summed E-state index contributed by atoms with van der Waals surface area (Å²) in [6.45, 7) is -0.198. The molecule has 0 radical (unpaired) electrons. The van der Waals surface area contributed by atoms with Gasteiger partial charge in [0, 0.05) is 25.6 Å². The molecular formula is C12H24N2O6. The van der Waals surface area contributed by atoms with Gasteiger partial charge in [0.1, 0.15) is 18.3 Å². The van der Waals surface area contributed by atoms with E-state index in [4.69, 9.17) is 30.8 Å². The molecule has 118 valence electrons. The molecule has 2 fully saturated rings. The zero-order chi connectivity index (χ0) is 14.9. The lowest BCUT2D eigenvalue weighted by molar-refractivity contribution is -0.244. The van der Waals surface area contributed by atoms with Crippen molar-refractivity contribution in [3.63, 3.8) is 0 Å². The fourth-order valence-corrected chi connectivity index (χ4v) is 2.85. The third kappa shape index (κ3) is 3.12. The third-order valence-corrected chi connectivity index (χ3v) is 3.98. The van der Waals surface area contributed by atoms with Gasteiger partial charge in [0.05, 0.1) is 18.8 Å². The monoisotopic (exact) mass is 292 g/mol. The molecule has 2 rings (SSSR count). The van der Waals surface area contributed by atoms with E-state index < -0.39 is 42.9 Å². The van der Waals surface area contributed by atoms with Gasteiger partial charge in [-0.05, 0) is 6.42 Å². The summed E-state index contributed by atoms with van der Waals surface area (Å²) < 4.78 is 16.3. The molecule has 1 saturated carbocycles. The van der Waals surface area contributed by atoms with Crippen LogP contribution in [0.1, 0.15) is 12.8 Å². The van der Waals surface area contributed by atoms with Gasteiger partial charge < -0.3 is 41.0 Å². The van der Waals surface area contributed by atoms with E-state index in [-0.39, 0.29) is 19.1 Å². The van der Waals surface area contributed by atoms with E-state index in [0.717, 1.165) is 0 Å². The standard InChI is InChI=1S/C12H24N2O6/c1-18-10-7(14)3-6(13)9(17)11(10)20-12-8(16)2-5(4-15)19-12/h5-12,15-17H,2-4,13-14H2,1H3/t5-,6+,7-,8+,9-,10+,11+,12-/m0/s1. The number of nitrogens with two attached hydrogens (primary N) is 2. The number of hydrogen-bond donors (Lipinski definition) is 5. The van der Waals surface area contributed by atoms with Crippen LogP contribution in [0.2, 0.25) is 0 Å². The molecule has 8 heteroatoms. The molecule has 20 heavy (non-hydrogen) atoms. The highest BCUT2D eigenvalue weighted by molar-refractivity contribution is 4.99. The highest BCUT2D eigenvalue weighted by Crippen LogP contribution is 2.28. The highest BCUT2D eigenvalue weighted by Gasteiger charge is 2.46. The van der Waals surface area contributed by atoms with E-state index in [1.54, 1.807) is 0 Å². The molecular weight excluding hydrogens is 268 g/mol. The Morgan fingerprint density at radius 2 is 1.85 bits per heavy atom. The van der Waals surface area contributed by atoms with Crippen molar-refractivity contribution in [2.75, 3.05) is 13.7 Å². The molecule has 1 aliphatic heterocycles. The van der Waals surface area contributed by atoms with E-state index in [1.807, 2.05) is 0 Å². The molecule has 0 bridgehead atoms. The van der Waals surface area contributed by atoms with Crippen LogP contribution in [0.5, 0.6) is 0 Å². The first kappa shape index (κ1) is 16.1. The number of methoxy groups -OCH3 is 1. The Labute approximate surface area is 117 Å². The normalized spacial score (nSPS) is 49.5. The number of rotatable bonds is 4. The number of hydrogen-bond acceptors (Lipinski definition) is 8. The minimum atomic E-state index is -0.955. The second-order valence-electron chi connectivity index (χ2n) is 5.47. The minimum Gasteiger partial charge on any atom is -0.394 e. The zero-order valence-electron chi connectivity index (χ0n) is 11.5. The fraction of sp³-hybridized carbons (Fsp3) is 1.00. The Bertz CT molecular complexity index is 320. The van der Waals surface area contributed by atoms with Crippen molar-refractivity contribution >= 4 is 0 Å². The number of ether oxygens (including phenoxy) is 3. The Morgan fingerprint density at radius 3 is 2.40 bits per heavy atom. The molecule has 0 aromatic rings. The first-order chi connectivity index (χ1) is 9.47. The second-order valence-corrected chi connectivity index (χ2v) is 5.47. The Morgan fingerprint density at radius 1 is 1.15 bits per heavy atom. The Kier molecular flexibility index (Phi) is 5.32. The molecule has 0 aromatic carbocycles. The molecule has 7 N–H and O–H groups in total. The Balaban J connectivity index is 2.04. The van der Waals surface area contributed by atoms with E-state index >= 15 is 0 Å². The minimum absolute atomic E-state index is 0.198. The van der Waals surface area contributed by atoms with Gasteiger partial charge in [-0.25, -0.2) is 0 Å². The summed E-state index contributed by atoms with van der Waals surface area (Å²) in [6, 6.07) is -0.885. The third-order valence-electron chi connectivity index (χ3n) is 3.98. The maximum Gasteiger partial charge on any atom is 0.184 e. The number of aliphatic hydroxyl groups excluding tert-OH is 3. The van der Waals surface area contributed by atoms with Gasteiger partial charge in [-0.3, -0.25) is 0 Å². The van der Waals surface area contributed by atoms with Crippen LogP contribution in [0.25, 0.3) is 0 Å². The van der Waals surface area contributed by atoms with Crippen molar-refractivity contribution in [3.8, 4) is 0 Å². The quantitative estimate of drug-likeness (QED) is 0.376. The van der Waals surface area contributed by atoms with E-state index in [2.05, 4.69) is 0 Å².